The summed E-state index contributed by atoms with van der Waals surface area (Å²) in [6.45, 7) is 2.94. The zero-order valence-corrected chi connectivity index (χ0v) is 16.7. The van der Waals surface area contributed by atoms with Crippen molar-refractivity contribution in [3.8, 4) is 40.0 Å². The average Bonchev–Trinajstić information content (AvgIpc) is 3.30. The van der Waals surface area contributed by atoms with Crippen LogP contribution < -0.4 is 9.47 Å². The number of benzene rings is 2. The number of aryl methyl sites for hydroxylation is 1. The summed E-state index contributed by atoms with van der Waals surface area (Å²) in [6.07, 6.45) is 2.89. The van der Waals surface area contributed by atoms with Gasteiger partial charge >= 0.3 is 0 Å². The van der Waals surface area contributed by atoms with Gasteiger partial charge in [0.1, 0.15) is 6.07 Å². The van der Waals surface area contributed by atoms with Crippen LogP contribution in [-0.4, -0.2) is 23.8 Å². The molecule has 5 nitrogen and oxygen atoms in total. The maximum Gasteiger partial charge on any atom is 0.161 e. The average molecular weight is 383 g/mol. The number of nitrogens with one attached hydrogen (secondary N) is 1. The van der Waals surface area contributed by atoms with Gasteiger partial charge in [-0.2, -0.15) is 5.26 Å². The number of nitrogens with zero attached hydrogens (tertiary/aromatic N) is 2. The van der Waals surface area contributed by atoms with E-state index in [1.165, 1.54) is 5.56 Å². The zero-order valence-electron chi connectivity index (χ0n) is 16.7. The highest BCUT2D eigenvalue weighted by Crippen LogP contribution is 2.45. The number of hydrogen-bond acceptors (Lipinski definition) is 3. The second-order valence-electron chi connectivity index (χ2n) is 7.31. The molecule has 0 unspecified atom stereocenters. The summed E-state index contributed by atoms with van der Waals surface area (Å²) in [6, 6.07) is 14.7. The van der Waals surface area contributed by atoms with Crippen molar-refractivity contribution < 1.29 is 9.47 Å². The standard InChI is InChI=1S/C24H21N3O2/c1-14-23(19-13-26-20-7-5-4-6-16(19)20)18(12-25)24-17-11-22(29-3)21(28-2)10-15(17)8-9-27(14)24/h4-7,10-11,13,26H,8-9H2,1-3H3. The van der Waals surface area contributed by atoms with Gasteiger partial charge in [-0.15, -0.1) is 0 Å². The molecule has 0 radical (unpaired) electrons. The highest BCUT2D eigenvalue weighted by Gasteiger charge is 2.29. The van der Waals surface area contributed by atoms with Crippen LogP contribution in [-0.2, 0) is 13.0 Å². The van der Waals surface area contributed by atoms with E-state index in [9.17, 15) is 5.26 Å². The van der Waals surface area contributed by atoms with E-state index in [4.69, 9.17) is 9.47 Å². The lowest BCUT2D eigenvalue weighted by Crippen LogP contribution is -2.12. The number of fused-ring (bicyclic) bond motifs is 4. The fraction of sp³-hybridized carbons (Fsp3) is 0.208. The van der Waals surface area contributed by atoms with Crippen molar-refractivity contribution in [1.82, 2.24) is 9.55 Å². The summed E-state index contributed by atoms with van der Waals surface area (Å²) in [5.41, 5.74) is 8.15. The predicted molar refractivity (Wildman–Crippen MR) is 113 cm³/mol. The summed E-state index contributed by atoms with van der Waals surface area (Å²) in [5, 5.41) is 11.3. The topological polar surface area (TPSA) is 63.0 Å². The van der Waals surface area contributed by atoms with Gasteiger partial charge in [0.05, 0.1) is 25.5 Å². The Labute approximate surface area is 169 Å². The molecule has 0 spiro atoms. The number of nitriles is 1. The first-order valence-corrected chi connectivity index (χ1v) is 9.62. The molecule has 0 atom stereocenters. The van der Waals surface area contributed by atoms with Crippen LogP contribution in [0.25, 0.3) is 33.3 Å². The van der Waals surface area contributed by atoms with Crippen LogP contribution in [0.15, 0.2) is 42.6 Å². The molecule has 3 heterocycles. The number of aromatic amines is 1. The predicted octanol–water partition coefficient (Wildman–Crippen LogP) is 5.06. The zero-order chi connectivity index (χ0) is 20.1. The van der Waals surface area contributed by atoms with E-state index in [0.29, 0.717) is 11.3 Å². The molecule has 2 aromatic carbocycles. The molecule has 0 saturated heterocycles. The minimum atomic E-state index is 0.677. The number of rotatable bonds is 3. The van der Waals surface area contributed by atoms with Gasteiger partial charge in [-0.25, -0.2) is 0 Å². The Morgan fingerprint density at radius 3 is 2.59 bits per heavy atom. The maximum absolute atomic E-state index is 10.2. The third-order valence-electron chi connectivity index (χ3n) is 5.96. The summed E-state index contributed by atoms with van der Waals surface area (Å²) < 4.78 is 13.3. The molecule has 29 heavy (non-hydrogen) atoms. The highest BCUT2D eigenvalue weighted by atomic mass is 16.5. The third-order valence-corrected chi connectivity index (χ3v) is 5.96. The lowest BCUT2D eigenvalue weighted by molar-refractivity contribution is 0.354. The van der Waals surface area contributed by atoms with Gasteiger partial charge in [0.15, 0.2) is 11.5 Å². The molecule has 5 heteroatoms. The molecule has 144 valence electrons. The van der Waals surface area contributed by atoms with Crippen molar-refractivity contribution in [2.24, 2.45) is 0 Å². The molecule has 1 aliphatic heterocycles. The van der Waals surface area contributed by atoms with E-state index < -0.39 is 0 Å². The van der Waals surface area contributed by atoms with Gasteiger partial charge in [0.25, 0.3) is 0 Å². The van der Waals surface area contributed by atoms with Gasteiger partial charge < -0.3 is 19.0 Å². The van der Waals surface area contributed by atoms with E-state index in [1.807, 2.05) is 30.5 Å². The van der Waals surface area contributed by atoms with Crippen LogP contribution in [0, 0.1) is 18.3 Å². The maximum atomic E-state index is 10.2. The lowest BCUT2D eigenvalue weighted by atomic mass is 9.94. The molecule has 0 aliphatic carbocycles. The molecule has 0 bridgehead atoms. The van der Waals surface area contributed by atoms with Gasteiger partial charge in [-0.1, -0.05) is 18.2 Å². The fourth-order valence-electron chi connectivity index (χ4n) is 4.59. The Kier molecular flexibility index (Phi) is 3.88. The van der Waals surface area contributed by atoms with E-state index >= 15 is 0 Å². The molecule has 1 N–H and O–H groups in total. The van der Waals surface area contributed by atoms with Gasteiger partial charge in [0, 0.05) is 46.0 Å². The Hall–Kier alpha value is -3.65. The van der Waals surface area contributed by atoms with Crippen molar-refractivity contribution in [3.05, 3.63) is 59.4 Å². The molecular weight excluding hydrogens is 362 g/mol. The minimum absolute atomic E-state index is 0.677. The number of hydrogen-bond donors (Lipinski definition) is 1. The van der Waals surface area contributed by atoms with Crippen molar-refractivity contribution in [2.45, 2.75) is 19.9 Å². The van der Waals surface area contributed by atoms with Crippen LogP contribution in [0.2, 0.25) is 0 Å². The number of para-hydroxylation sites is 1. The van der Waals surface area contributed by atoms with Crippen molar-refractivity contribution in [2.75, 3.05) is 14.2 Å². The molecule has 4 aromatic rings. The van der Waals surface area contributed by atoms with Crippen molar-refractivity contribution in [3.63, 3.8) is 0 Å². The summed E-state index contributed by atoms with van der Waals surface area (Å²) in [5.74, 6) is 1.40. The lowest BCUT2D eigenvalue weighted by Gasteiger charge is -2.22. The van der Waals surface area contributed by atoms with Crippen LogP contribution in [0.1, 0.15) is 16.8 Å². The second-order valence-corrected chi connectivity index (χ2v) is 7.31. The van der Waals surface area contributed by atoms with Crippen molar-refractivity contribution in [1.29, 1.82) is 5.26 Å². The number of methoxy groups -OCH3 is 2. The van der Waals surface area contributed by atoms with Gasteiger partial charge in [0.2, 0.25) is 0 Å². The Balaban J connectivity index is 1.82. The van der Waals surface area contributed by atoms with Crippen molar-refractivity contribution >= 4 is 10.9 Å². The summed E-state index contributed by atoms with van der Waals surface area (Å²) >= 11 is 0. The minimum Gasteiger partial charge on any atom is -0.493 e. The quantitative estimate of drug-likeness (QED) is 0.538. The first kappa shape index (κ1) is 17.4. The first-order valence-electron chi connectivity index (χ1n) is 9.62. The highest BCUT2D eigenvalue weighted by molar-refractivity contribution is 5.99. The van der Waals surface area contributed by atoms with Crippen LogP contribution in [0.3, 0.4) is 0 Å². The summed E-state index contributed by atoms with van der Waals surface area (Å²) in [4.78, 5) is 3.34. The van der Waals surface area contributed by atoms with E-state index in [-0.39, 0.29) is 0 Å². The van der Waals surface area contributed by atoms with Crippen LogP contribution in [0.4, 0.5) is 0 Å². The Bertz CT molecular complexity index is 1300. The molecule has 0 amide bonds. The monoisotopic (exact) mass is 383 g/mol. The third kappa shape index (κ3) is 2.39. The molecular formula is C24H21N3O2. The normalized spacial score (nSPS) is 12.3. The Morgan fingerprint density at radius 1 is 1.07 bits per heavy atom. The Morgan fingerprint density at radius 2 is 1.83 bits per heavy atom. The molecule has 0 saturated carbocycles. The second kappa shape index (κ2) is 6.46. The van der Waals surface area contributed by atoms with Crippen LogP contribution in [0.5, 0.6) is 11.5 Å². The van der Waals surface area contributed by atoms with Gasteiger partial charge in [-0.3, -0.25) is 0 Å². The van der Waals surface area contributed by atoms with Crippen LogP contribution >= 0.6 is 0 Å². The van der Waals surface area contributed by atoms with E-state index in [0.717, 1.165) is 57.7 Å². The first-order chi connectivity index (χ1) is 14.2. The van der Waals surface area contributed by atoms with Gasteiger partial charge in [-0.05, 0) is 37.1 Å². The van der Waals surface area contributed by atoms with E-state index in [1.54, 1.807) is 14.2 Å². The summed E-state index contributed by atoms with van der Waals surface area (Å²) in [7, 11) is 3.29. The largest absolute Gasteiger partial charge is 0.493 e. The molecule has 2 aromatic heterocycles. The molecule has 5 rings (SSSR count). The number of H-pyrrole nitrogens is 1. The molecule has 0 fully saturated rings. The SMILES string of the molecule is COc1cc2c(cc1OC)-c1c(C#N)c(-c3c[nH]c4ccccc34)c(C)n1CC2. The fourth-order valence-corrected chi connectivity index (χ4v) is 4.59. The smallest absolute Gasteiger partial charge is 0.161 e. The van der Waals surface area contributed by atoms with E-state index in [2.05, 4.69) is 34.7 Å². The number of ether oxygens (including phenoxy) is 2. The number of aromatic nitrogens is 2. The molecule has 1 aliphatic rings.